The molecule has 0 bridgehead atoms. The third-order valence-electron chi connectivity index (χ3n) is 2.22. The minimum Gasteiger partial charge on any atom is -0.327 e. The molecule has 1 aromatic carbocycles. The lowest BCUT2D eigenvalue weighted by atomic mass is 10.1. The zero-order chi connectivity index (χ0) is 12.8. The van der Waals surface area contributed by atoms with Gasteiger partial charge in [0.25, 0.3) is 5.91 Å². The van der Waals surface area contributed by atoms with Gasteiger partial charge in [-0.05, 0) is 24.6 Å². The van der Waals surface area contributed by atoms with Crippen molar-refractivity contribution in [3.05, 3.63) is 35.4 Å². The Hall–Kier alpha value is -1.89. The van der Waals surface area contributed by atoms with E-state index in [2.05, 4.69) is 5.92 Å². The van der Waals surface area contributed by atoms with Crippen molar-refractivity contribution in [2.24, 2.45) is 0 Å². The first-order valence-corrected chi connectivity index (χ1v) is 5.28. The van der Waals surface area contributed by atoms with Crippen molar-refractivity contribution in [1.82, 2.24) is 4.90 Å². The number of rotatable bonds is 4. The highest BCUT2D eigenvalue weighted by molar-refractivity contribution is 5.94. The highest BCUT2D eigenvalue weighted by atomic mass is 19.1. The van der Waals surface area contributed by atoms with Crippen LogP contribution in [0.15, 0.2) is 18.2 Å². The van der Waals surface area contributed by atoms with Gasteiger partial charge in [-0.2, -0.15) is 0 Å². The van der Waals surface area contributed by atoms with Gasteiger partial charge in [-0.25, -0.2) is 8.78 Å². The van der Waals surface area contributed by atoms with Gasteiger partial charge in [0.1, 0.15) is 11.6 Å². The molecule has 0 fully saturated rings. The van der Waals surface area contributed by atoms with E-state index in [1.165, 1.54) is 4.90 Å². The van der Waals surface area contributed by atoms with E-state index in [1.807, 2.05) is 6.92 Å². The second-order valence-electron chi connectivity index (χ2n) is 3.56. The number of terminal acetylenes is 1. The summed E-state index contributed by atoms with van der Waals surface area (Å²) in [5.41, 5.74) is -0.284. The summed E-state index contributed by atoms with van der Waals surface area (Å²) < 4.78 is 26.4. The molecule has 4 heteroatoms. The number of amides is 1. The molecule has 0 unspecified atom stereocenters. The highest BCUT2D eigenvalue weighted by Gasteiger charge is 2.18. The summed E-state index contributed by atoms with van der Waals surface area (Å²) in [6, 6.07) is 2.79. The van der Waals surface area contributed by atoms with Crippen molar-refractivity contribution in [1.29, 1.82) is 0 Å². The zero-order valence-corrected chi connectivity index (χ0v) is 9.54. The van der Waals surface area contributed by atoms with E-state index in [0.29, 0.717) is 13.0 Å². The van der Waals surface area contributed by atoms with Crippen molar-refractivity contribution in [3.63, 3.8) is 0 Å². The molecular formula is C13H13F2NO. The van der Waals surface area contributed by atoms with Crippen LogP contribution < -0.4 is 0 Å². The lowest BCUT2D eigenvalue weighted by Gasteiger charge is -2.19. The second-order valence-corrected chi connectivity index (χ2v) is 3.56. The monoisotopic (exact) mass is 237 g/mol. The lowest BCUT2D eigenvalue weighted by molar-refractivity contribution is 0.0771. The van der Waals surface area contributed by atoms with E-state index in [4.69, 9.17) is 6.42 Å². The molecule has 0 atom stereocenters. The van der Waals surface area contributed by atoms with Crippen LogP contribution in [0.4, 0.5) is 8.78 Å². The molecule has 0 aromatic heterocycles. The van der Waals surface area contributed by atoms with E-state index >= 15 is 0 Å². The Balaban J connectivity index is 3.00. The van der Waals surface area contributed by atoms with Gasteiger partial charge in [-0.1, -0.05) is 12.8 Å². The minimum atomic E-state index is -0.741. The predicted molar refractivity (Wildman–Crippen MR) is 61.4 cm³/mol. The summed E-state index contributed by atoms with van der Waals surface area (Å²) >= 11 is 0. The van der Waals surface area contributed by atoms with Crippen molar-refractivity contribution in [3.8, 4) is 12.3 Å². The van der Waals surface area contributed by atoms with Crippen LogP contribution in [0.1, 0.15) is 23.7 Å². The van der Waals surface area contributed by atoms with Crippen LogP contribution in [0.25, 0.3) is 0 Å². The summed E-state index contributed by atoms with van der Waals surface area (Å²) in [6.45, 7) is 2.38. The summed E-state index contributed by atoms with van der Waals surface area (Å²) in [5, 5.41) is 0. The molecule has 1 amide bonds. The molecule has 0 saturated heterocycles. The Morgan fingerprint density at radius 3 is 2.76 bits per heavy atom. The van der Waals surface area contributed by atoms with Gasteiger partial charge in [0.2, 0.25) is 0 Å². The molecule has 0 aliphatic carbocycles. The van der Waals surface area contributed by atoms with Crippen LogP contribution in [-0.2, 0) is 0 Å². The van der Waals surface area contributed by atoms with Gasteiger partial charge in [0, 0.05) is 6.54 Å². The van der Waals surface area contributed by atoms with E-state index in [-0.39, 0.29) is 12.1 Å². The SMILES string of the molecule is C#CCN(CCC)C(=O)c1cc(F)ccc1F. The normalized spacial score (nSPS) is 9.76. The molecular weight excluding hydrogens is 224 g/mol. The number of hydrogen-bond acceptors (Lipinski definition) is 1. The van der Waals surface area contributed by atoms with Crippen LogP contribution in [-0.4, -0.2) is 23.9 Å². The average molecular weight is 237 g/mol. The van der Waals surface area contributed by atoms with Crippen LogP contribution in [0, 0.1) is 24.0 Å². The van der Waals surface area contributed by atoms with E-state index in [1.54, 1.807) is 0 Å². The molecule has 17 heavy (non-hydrogen) atoms. The molecule has 0 saturated carbocycles. The molecule has 0 N–H and O–H groups in total. The van der Waals surface area contributed by atoms with Gasteiger partial charge in [-0.15, -0.1) is 6.42 Å². The van der Waals surface area contributed by atoms with Gasteiger partial charge in [-0.3, -0.25) is 4.79 Å². The lowest BCUT2D eigenvalue weighted by Crippen LogP contribution is -2.32. The molecule has 2 nitrogen and oxygen atoms in total. The first-order chi connectivity index (χ1) is 8.10. The smallest absolute Gasteiger partial charge is 0.257 e. The maximum absolute atomic E-state index is 13.4. The van der Waals surface area contributed by atoms with Crippen molar-refractivity contribution >= 4 is 5.91 Å². The molecule has 0 aliphatic heterocycles. The number of halogens is 2. The van der Waals surface area contributed by atoms with E-state index < -0.39 is 17.5 Å². The van der Waals surface area contributed by atoms with Crippen molar-refractivity contribution in [2.45, 2.75) is 13.3 Å². The van der Waals surface area contributed by atoms with Crippen LogP contribution >= 0.6 is 0 Å². The van der Waals surface area contributed by atoms with Gasteiger partial charge < -0.3 is 4.90 Å². The summed E-state index contributed by atoms with van der Waals surface area (Å²) in [5.74, 6) is 0.357. The topological polar surface area (TPSA) is 20.3 Å². The Morgan fingerprint density at radius 1 is 1.47 bits per heavy atom. The van der Waals surface area contributed by atoms with Crippen LogP contribution in [0.2, 0.25) is 0 Å². The zero-order valence-electron chi connectivity index (χ0n) is 9.54. The fourth-order valence-corrected chi connectivity index (χ4v) is 1.46. The molecule has 0 spiro atoms. The second kappa shape index (κ2) is 6.00. The van der Waals surface area contributed by atoms with Crippen LogP contribution in [0.5, 0.6) is 0 Å². The highest BCUT2D eigenvalue weighted by Crippen LogP contribution is 2.12. The molecule has 1 aromatic rings. The van der Waals surface area contributed by atoms with Crippen molar-refractivity contribution < 1.29 is 13.6 Å². The third kappa shape index (κ3) is 3.28. The largest absolute Gasteiger partial charge is 0.327 e. The number of carbonyl (C=O) groups is 1. The number of carbonyl (C=O) groups excluding carboxylic acids is 1. The van der Waals surface area contributed by atoms with Gasteiger partial charge >= 0.3 is 0 Å². The standard InChI is InChI=1S/C13H13F2NO/c1-3-7-16(8-4-2)13(17)11-9-10(14)5-6-12(11)15/h1,5-6,9H,4,7-8H2,2H3. The quantitative estimate of drug-likeness (QED) is 0.736. The fraction of sp³-hybridized carbons (Fsp3) is 0.308. The Kier molecular flexibility index (Phi) is 4.65. The Labute approximate surface area is 99.2 Å². The summed E-state index contributed by atoms with van der Waals surface area (Å²) in [4.78, 5) is 13.2. The van der Waals surface area contributed by atoms with Gasteiger partial charge in [0.05, 0.1) is 12.1 Å². The Morgan fingerprint density at radius 2 is 2.18 bits per heavy atom. The average Bonchev–Trinajstić information content (AvgIpc) is 2.31. The molecule has 0 heterocycles. The summed E-state index contributed by atoms with van der Waals surface area (Å²) in [7, 11) is 0. The third-order valence-corrected chi connectivity index (χ3v) is 2.22. The maximum atomic E-state index is 13.4. The molecule has 1 rings (SSSR count). The van der Waals surface area contributed by atoms with Crippen LogP contribution in [0.3, 0.4) is 0 Å². The Bertz CT molecular complexity index is 451. The number of nitrogens with zero attached hydrogens (tertiary/aromatic N) is 1. The minimum absolute atomic E-state index is 0.0859. The molecule has 0 radical (unpaired) electrons. The number of hydrogen-bond donors (Lipinski definition) is 0. The fourth-order valence-electron chi connectivity index (χ4n) is 1.46. The van der Waals surface area contributed by atoms with E-state index in [0.717, 1.165) is 18.2 Å². The van der Waals surface area contributed by atoms with Crippen molar-refractivity contribution in [2.75, 3.05) is 13.1 Å². The maximum Gasteiger partial charge on any atom is 0.257 e. The molecule has 90 valence electrons. The first kappa shape index (κ1) is 13.2. The number of benzene rings is 1. The predicted octanol–water partition coefficient (Wildman–Crippen LogP) is 2.45. The van der Waals surface area contributed by atoms with Gasteiger partial charge in [0.15, 0.2) is 0 Å². The van der Waals surface area contributed by atoms with E-state index in [9.17, 15) is 13.6 Å². The summed E-state index contributed by atoms with van der Waals surface area (Å²) in [6.07, 6.45) is 5.83. The first-order valence-electron chi connectivity index (χ1n) is 5.28. The molecule has 0 aliphatic rings.